The molecule has 0 saturated carbocycles. The topological polar surface area (TPSA) is 29.5 Å². The molecule has 0 aliphatic rings. The summed E-state index contributed by atoms with van der Waals surface area (Å²) in [4.78, 5) is 0. The molecule has 0 aliphatic carbocycles. The Morgan fingerprint density at radius 1 is 0.957 bits per heavy atom. The Morgan fingerprint density at radius 2 is 1.43 bits per heavy atom. The van der Waals surface area contributed by atoms with Crippen molar-refractivity contribution < 1.29 is 9.53 Å². The van der Waals surface area contributed by atoms with Crippen molar-refractivity contribution >= 4 is 8.32 Å². The summed E-state index contributed by atoms with van der Waals surface area (Å²) in [5.41, 5.74) is 3.89. The average molecular weight is 337 g/mol. The third-order valence-electron chi connectivity index (χ3n) is 4.91. The number of aryl methyl sites for hydroxylation is 2. The first-order valence-electron chi connectivity index (χ1n) is 9.10. The monoisotopic (exact) mass is 336 g/mol. The van der Waals surface area contributed by atoms with Gasteiger partial charge in [-0.3, -0.25) is 0 Å². The van der Waals surface area contributed by atoms with Crippen molar-refractivity contribution in [3.8, 4) is 5.75 Å². The van der Waals surface area contributed by atoms with Crippen LogP contribution in [-0.2, 0) is 19.3 Å². The number of hydrogen-bond donors (Lipinski definition) is 1. The van der Waals surface area contributed by atoms with Crippen LogP contribution in [0.1, 0.15) is 64.2 Å². The van der Waals surface area contributed by atoms with Crippen LogP contribution in [-0.4, -0.2) is 20.0 Å². The van der Waals surface area contributed by atoms with E-state index in [-0.39, 0.29) is 11.6 Å². The minimum atomic E-state index is -1.85. The van der Waals surface area contributed by atoms with Gasteiger partial charge in [0.15, 0.2) is 0 Å². The molecule has 0 atom stereocenters. The summed E-state index contributed by atoms with van der Waals surface area (Å²) in [5, 5.41) is 9.50. The van der Waals surface area contributed by atoms with Crippen LogP contribution in [0.4, 0.5) is 0 Å². The average Bonchev–Trinajstić information content (AvgIpc) is 2.42. The minimum absolute atomic E-state index is 0.198. The lowest BCUT2D eigenvalue weighted by atomic mass is 9.97. The molecule has 23 heavy (non-hydrogen) atoms. The van der Waals surface area contributed by atoms with E-state index in [1.165, 1.54) is 16.7 Å². The highest BCUT2D eigenvalue weighted by molar-refractivity contribution is 6.74. The second-order valence-corrected chi connectivity index (χ2v) is 12.8. The van der Waals surface area contributed by atoms with Crippen LogP contribution in [0.25, 0.3) is 0 Å². The van der Waals surface area contributed by atoms with Crippen LogP contribution in [0, 0.1) is 0 Å². The number of hydrogen-bond acceptors (Lipinski definition) is 2. The van der Waals surface area contributed by atoms with Gasteiger partial charge >= 0.3 is 0 Å². The summed E-state index contributed by atoms with van der Waals surface area (Å²) < 4.78 is 6.74. The number of rotatable bonds is 8. The zero-order chi connectivity index (χ0) is 17.7. The fourth-order valence-electron chi connectivity index (χ4n) is 2.55. The third-order valence-corrected chi connectivity index (χ3v) is 9.23. The fraction of sp³-hybridized carbons (Fsp3) is 0.700. The maximum Gasteiger partial charge on any atom is 0.250 e. The summed E-state index contributed by atoms with van der Waals surface area (Å²) in [6, 6.07) is 4.50. The zero-order valence-corrected chi connectivity index (χ0v) is 17.3. The van der Waals surface area contributed by atoms with Crippen LogP contribution in [0.15, 0.2) is 12.1 Å². The van der Waals surface area contributed by atoms with Crippen LogP contribution in [0.3, 0.4) is 0 Å². The van der Waals surface area contributed by atoms with E-state index < -0.39 is 8.32 Å². The Bertz CT molecular complexity index is 474. The number of benzene rings is 1. The molecule has 0 radical (unpaired) electrons. The van der Waals surface area contributed by atoms with Gasteiger partial charge in [0, 0.05) is 6.61 Å². The van der Waals surface area contributed by atoms with E-state index in [0.717, 1.165) is 37.9 Å². The normalized spacial score (nSPS) is 12.5. The highest BCUT2D eigenvalue weighted by Gasteiger charge is 2.39. The van der Waals surface area contributed by atoms with Gasteiger partial charge in [0.2, 0.25) is 0 Å². The molecule has 0 aliphatic heterocycles. The molecule has 1 aromatic rings. The third kappa shape index (κ3) is 5.35. The highest BCUT2D eigenvalue weighted by atomic mass is 28.4. The Labute approximate surface area is 144 Å². The van der Waals surface area contributed by atoms with Crippen LogP contribution < -0.4 is 4.43 Å². The first-order chi connectivity index (χ1) is 10.7. The van der Waals surface area contributed by atoms with Gasteiger partial charge in [0.25, 0.3) is 8.32 Å². The van der Waals surface area contributed by atoms with E-state index in [1.807, 2.05) is 0 Å². The van der Waals surface area contributed by atoms with Crippen LogP contribution in [0.2, 0.25) is 18.1 Å². The minimum Gasteiger partial charge on any atom is -0.543 e. The van der Waals surface area contributed by atoms with Gasteiger partial charge in [-0.25, -0.2) is 0 Å². The quantitative estimate of drug-likeness (QED) is 0.634. The summed E-state index contributed by atoms with van der Waals surface area (Å²) in [6.45, 7) is 16.2. The van der Waals surface area contributed by atoms with Gasteiger partial charge in [-0.2, -0.15) is 0 Å². The summed E-state index contributed by atoms with van der Waals surface area (Å²) in [7, 11) is -1.85. The van der Waals surface area contributed by atoms with E-state index in [9.17, 15) is 5.11 Å². The maximum absolute atomic E-state index is 9.30. The lowest BCUT2D eigenvalue weighted by Crippen LogP contribution is -2.44. The Hall–Kier alpha value is -0.803. The lowest BCUT2D eigenvalue weighted by Gasteiger charge is -2.38. The van der Waals surface area contributed by atoms with Crippen molar-refractivity contribution in [3.63, 3.8) is 0 Å². The van der Waals surface area contributed by atoms with Crippen molar-refractivity contribution in [2.24, 2.45) is 0 Å². The van der Waals surface area contributed by atoms with Crippen molar-refractivity contribution in [1.29, 1.82) is 0 Å². The summed E-state index contributed by atoms with van der Waals surface area (Å²) >= 11 is 0. The predicted octanol–water partition coefficient (Wildman–Crippen LogP) is 5.51. The second-order valence-electron chi connectivity index (χ2n) is 8.08. The van der Waals surface area contributed by atoms with Crippen LogP contribution >= 0.6 is 0 Å². The molecular weight excluding hydrogens is 300 g/mol. The Balaban J connectivity index is 3.35. The number of aliphatic hydroxyl groups is 1. The molecule has 0 heterocycles. The van der Waals surface area contributed by atoms with Crippen molar-refractivity contribution in [1.82, 2.24) is 0 Å². The summed E-state index contributed by atoms with van der Waals surface area (Å²) in [5.74, 6) is 1.14. The SMILES string of the molecule is CCCc1cc(CCO)cc(CCC)c1O[Si](C)(C)C(C)(C)C. The van der Waals surface area contributed by atoms with E-state index in [0.29, 0.717) is 0 Å². The molecule has 1 rings (SSSR count). The smallest absolute Gasteiger partial charge is 0.250 e. The maximum atomic E-state index is 9.30. The van der Waals surface area contributed by atoms with Crippen LogP contribution in [0.5, 0.6) is 5.75 Å². The Morgan fingerprint density at radius 3 is 1.78 bits per heavy atom. The van der Waals surface area contributed by atoms with Gasteiger partial charge in [-0.05, 0) is 54.1 Å². The molecule has 132 valence electrons. The van der Waals surface area contributed by atoms with Gasteiger partial charge in [-0.1, -0.05) is 59.6 Å². The molecule has 0 fully saturated rings. The predicted molar refractivity (Wildman–Crippen MR) is 103 cm³/mol. The van der Waals surface area contributed by atoms with Gasteiger partial charge < -0.3 is 9.53 Å². The van der Waals surface area contributed by atoms with E-state index in [1.54, 1.807) is 0 Å². The van der Waals surface area contributed by atoms with E-state index >= 15 is 0 Å². The molecular formula is C20H36O2Si. The Kier molecular flexibility index (Phi) is 7.34. The standard InChI is InChI=1S/C20H36O2Si/c1-8-10-17-14-16(12-13-21)15-18(11-9-2)19(17)22-23(6,7)20(3,4)5/h14-15,21H,8-13H2,1-7H3. The molecule has 0 unspecified atom stereocenters. The van der Waals surface area contributed by atoms with Gasteiger partial charge in [0.1, 0.15) is 5.75 Å². The second kappa shape index (κ2) is 8.34. The first-order valence-corrected chi connectivity index (χ1v) is 12.0. The van der Waals surface area contributed by atoms with E-state index in [2.05, 4.69) is 59.8 Å². The number of aliphatic hydroxyl groups excluding tert-OH is 1. The summed E-state index contributed by atoms with van der Waals surface area (Å²) in [6.07, 6.45) is 5.04. The van der Waals surface area contributed by atoms with Gasteiger partial charge in [0.05, 0.1) is 0 Å². The van der Waals surface area contributed by atoms with E-state index in [4.69, 9.17) is 4.43 Å². The van der Waals surface area contributed by atoms with Gasteiger partial charge in [-0.15, -0.1) is 0 Å². The molecule has 2 nitrogen and oxygen atoms in total. The lowest BCUT2D eigenvalue weighted by molar-refractivity contribution is 0.299. The molecule has 0 amide bonds. The molecule has 0 spiro atoms. The molecule has 0 saturated heterocycles. The fourth-order valence-corrected chi connectivity index (χ4v) is 3.63. The largest absolute Gasteiger partial charge is 0.543 e. The molecule has 0 bridgehead atoms. The van der Waals surface area contributed by atoms with Crippen molar-refractivity contribution in [2.75, 3.05) is 6.61 Å². The van der Waals surface area contributed by atoms with Crippen molar-refractivity contribution in [3.05, 3.63) is 28.8 Å². The first kappa shape index (κ1) is 20.2. The zero-order valence-electron chi connectivity index (χ0n) is 16.3. The molecule has 3 heteroatoms. The highest BCUT2D eigenvalue weighted by Crippen LogP contribution is 2.40. The van der Waals surface area contributed by atoms with Crippen molar-refractivity contribution in [2.45, 2.75) is 84.9 Å². The molecule has 0 aromatic heterocycles. The molecule has 1 aromatic carbocycles. The molecule has 1 N–H and O–H groups in total.